The Morgan fingerprint density at radius 3 is 3.00 bits per heavy atom. The topological polar surface area (TPSA) is 26.3 Å². The van der Waals surface area contributed by atoms with E-state index >= 15 is 0 Å². The second-order valence-electron chi connectivity index (χ2n) is 2.38. The largest absolute Gasteiger partial charge is 0.369 e. The molecule has 0 heterocycles. The molecule has 0 unspecified atom stereocenters. The van der Waals surface area contributed by atoms with E-state index < -0.39 is 5.97 Å². The zero-order chi connectivity index (χ0) is 8.97. The summed E-state index contributed by atoms with van der Waals surface area (Å²) in [5.74, 6) is -0.485. The smallest absolute Gasteiger partial charge is 0.352 e. The number of hydrogen-bond acceptors (Lipinski definition) is 2. The SMILES string of the molecule is C#COC(=O)c1cccc(C)c1.[HH]. The molecule has 1 aromatic rings. The first-order valence-electron chi connectivity index (χ1n) is 3.47. The number of carbonyl (C=O) groups excluding carboxylic acids is 1. The fourth-order valence-corrected chi connectivity index (χ4v) is 0.884. The van der Waals surface area contributed by atoms with Gasteiger partial charge < -0.3 is 4.74 Å². The van der Waals surface area contributed by atoms with Gasteiger partial charge in [0.2, 0.25) is 0 Å². The molecule has 0 radical (unpaired) electrons. The Morgan fingerprint density at radius 1 is 1.67 bits per heavy atom. The van der Waals surface area contributed by atoms with Crippen LogP contribution in [0.1, 0.15) is 17.3 Å². The zero-order valence-electron chi connectivity index (χ0n) is 6.70. The van der Waals surface area contributed by atoms with E-state index in [4.69, 9.17) is 6.42 Å². The summed E-state index contributed by atoms with van der Waals surface area (Å²) in [5.41, 5.74) is 1.48. The number of terminal acetylenes is 1. The van der Waals surface area contributed by atoms with Gasteiger partial charge in [-0.05, 0) is 19.1 Å². The Bertz CT molecular complexity index is 339. The lowest BCUT2D eigenvalue weighted by atomic mass is 10.1. The summed E-state index contributed by atoms with van der Waals surface area (Å²) in [6.45, 7) is 1.90. The summed E-state index contributed by atoms with van der Waals surface area (Å²) in [6.07, 6.45) is 6.65. The number of benzene rings is 1. The quantitative estimate of drug-likeness (QED) is 0.466. The van der Waals surface area contributed by atoms with Gasteiger partial charge in [-0.15, -0.1) is 0 Å². The highest BCUT2D eigenvalue weighted by atomic mass is 16.5. The van der Waals surface area contributed by atoms with E-state index in [9.17, 15) is 4.79 Å². The van der Waals surface area contributed by atoms with Crippen LogP contribution in [0, 0.1) is 19.5 Å². The molecule has 0 amide bonds. The molecule has 0 aliphatic carbocycles. The van der Waals surface area contributed by atoms with Crippen molar-refractivity contribution in [3.63, 3.8) is 0 Å². The molecule has 0 bridgehead atoms. The third-order valence-electron chi connectivity index (χ3n) is 1.41. The van der Waals surface area contributed by atoms with Gasteiger partial charge in [0.15, 0.2) is 0 Å². The van der Waals surface area contributed by atoms with Crippen LogP contribution in [0.5, 0.6) is 0 Å². The standard InChI is InChI=1S/C10H8O2.H2/c1-3-12-10(11)9-6-4-5-8(2)7-9;/h1,4-7H,2H3;1H. The van der Waals surface area contributed by atoms with Crippen LogP contribution >= 0.6 is 0 Å². The second-order valence-corrected chi connectivity index (χ2v) is 2.38. The number of carbonyl (C=O) groups is 1. The van der Waals surface area contributed by atoms with Crippen molar-refractivity contribution in [2.24, 2.45) is 0 Å². The predicted octanol–water partition coefficient (Wildman–Crippen LogP) is 1.99. The first-order valence-corrected chi connectivity index (χ1v) is 3.47. The van der Waals surface area contributed by atoms with E-state index in [1.807, 2.05) is 19.1 Å². The van der Waals surface area contributed by atoms with Crippen LogP contribution in [0.3, 0.4) is 0 Å². The molecule has 0 spiro atoms. The van der Waals surface area contributed by atoms with E-state index in [-0.39, 0.29) is 1.43 Å². The van der Waals surface area contributed by atoms with Gasteiger partial charge in [0, 0.05) is 1.43 Å². The van der Waals surface area contributed by atoms with Crippen LogP contribution in [0.2, 0.25) is 0 Å². The van der Waals surface area contributed by atoms with E-state index in [0.29, 0.717) is 5.56 Å². The van der Waals surface area contributed by atoms with Gasteiger partial charge in [-0.25, -0.2) is 4.79 Å². The lowest BCUT2D eigenvalue weighted by Gasteiger charge is -1.97. The lowest BCUT2D eigenvalue weighted by Crippen LogP contribution is -2.00. The summed E-state index contributed by atoms with van der Waals surface area (Å²) < 4.78 is 4.37. The van der Waals surface area contributed by atoms with Crippen LogP contribution in [-0.2, 0) is 4.74 Å². The molecule has 0 saturated heterocycles. The summed E-state index contributed by atoms with van der Waals surface area (Å²) in [5, 5.41) is 0. The number of hydrogen-bond donors (Lipinski definition) is 0. The Kier molecular flexibility index (Phi) is 2.49. The van der Waals surface area contributed by atoms with Gasteiger partial charge >= 0.3 is 5.97 Å². The highest BCUT2D eigenvalue weighted by Gasteiger charge is 2.04. The molecule has 0 fully saturated rings. The number of rotatable bonds is 1. The summed E-state index contributed by atoms with van der Waals surface area (Å²) >= 11 is 0. The van der Waals surface area contributed by atoms with Crippen LogP contribution in [-0.4, -0.2) is 5.97 Å². The normalized spacial score (nSPS) is 8.67. The third-order valence-corrected chi connectivity index (χ3v) is 1.41. The Balaban J connectivity index is 0.00000144. The molecule has 2 heteroatoms. The minimum Gasteiger partial charge on any atom is -0.369 e. The molecule has 1 rings (SSSR count). The van der Waals surface area contributed by atoms with Gasteiger partial charge in [-0.1, -0.05) is 24.1 Å². The van der Waals surface area contributed by atoms with E-state index in [1.54, 1.807) is 18.2 Å². The van der Waals surface area contributed by atoms with E-state index in [1.165, 1.54) is 0 Å². The fraction of sp³-hybridized carbons (Fsp3) is 0.100. The van der Waals surface area contributed by atoms with E-state index in [0.717, 1.165) is 5.56 Å². The van der Waals surface area contributed by atoms with Crippen LogP contribution in [0.25, 0.3) is 0 Å². The molecule has 0 N–H and O–H groups in total. The van der Waals surface area contributed by atoms with Crippen molar-refractivity contribution in [2.45, 2.75) is 6.92 Å². The van der Waals surface area contributed by atoms with Crippen LogP contribution in [0.4, 0.5) is 0 Å². The highest BCUT2D eigenvalue weighted by molar-refractivity contribution is 5.90. The third kappa shape index (κ3) is 1.86. The number of esters is 1. The molecule has 0 aliphatic rings. The van der Waals surface area contributed by atoms with E-state index in [2.05, 4.69) is 4.74 Å². The van der Waals surface area contributed by atoms with Crippen molar-refractivity contribution in [3.8, 4) is 12.5 Å². The van der Waals surface area contributed by atoms with Crippen molar-refractivity contribution in [3.05, 3.63) is 35.4 Å². The highest BCUT2D eigenvalue weighted by Crippen LogP contribution is 2.04. The Hall–Kier alpha value is -1.75. The maximum Gasteiger partial charge on any atom is 0.352 e. The number of aryl methyl sites for hydroxylation is 1. The molecule has 2 nitrogen and oxygen atoms in total. The molecule has 1 aromatic carbocycles. The van der Waals surface area contributed by atoms with Crippen LogP contribution < -0.4 is 0 Å². The molecular weight excluding hydrogens is 152 g/mol. The van der Waals surface area contributed by atoms with Crippen molar-refractivity contribution in [1.29, 1.82) is 0 Å². The Morgan fingerprint density at radius 2 is 2.42 bits per heavy atom. The van der Waals surface area contributed by atoms with Crippen molar-refractivity contribution >= 4 is 5.97 Å². The lowest BCUT2D eigenvalue weighted by molar-refractivity contribution is 0.0691. The molecular formula is C10H10O2. The average molecular weight is 162 g/mol. The monoisotopic (exact) mass is 162 g/mol. The predicted molar refractivity (Wildman–Crippen MR) is 47.5 cm³/mol. The zero-order valence-corrected chi connectivity index (χ0v) is 6.70. The van der Waals surface area contributed by atoms with Gasteiger partial charge in [0.1, 0.15) is 6.11 Å². The van der Waals surface area contributed by atoms with Crippen molar-refractivity contribution in [1.82, 2.24) is 0 Å². The molecule has 0 atom stereocenters. The summed E-state index contributed by atoms with van der Waals surface area (Å²) in [6, 6.07) is 7.06. The Labute approximate surface area is 72.7 Å². The fourth-order valence-electron chi connectivity index (χ4n) is 0.884. The van der Waals surface area contributed by atoms with Gasteiger partial charge in [0.25, 0.3) is 0 Å². The first-order chi connectivity index (χ1) is 5.74. The molecule has 0 saturated carbocycles. The summed E-state index contributed by atoms with van der Waals surface area (Å²) in [7, 11) is 0. The molecule has 62 valence electrons. The van der Waals surface area contributed by atoms with Gasteiger partial charge in [0.05, 0.1) is 5.56 Å². The van der Waals surface area contributed by atoms with Crippen molar-refractivity contribution < 1.29 is 11.0 Å². The molecule has 0 aliphatic heterocycles. The number of ether oxygens (including phenoxy) is 1. The maximum atomic E-state index is 11.0. The van der Waals surface area contributed by atoms with Crippen molar-refractivity contribution in [2.75, 3.05) is 0 Å². The minimum atomic E-state index is -0.485. The second kappa shape index (κ2) is 3.59. The minimum absolute atomic E-state index is 0. The maximum absolute atomic E-state index is 11.0. The molecule has 12 heavy (non-hydrogen) atoms. The average Bonchev–Trinajstić information content (AvgIpc) is 2.05. The van der Waals surface area contributed by atoms with Crippen LogP contribution in [0.15, 0.2) is 24.3 Å². The first kappa shape index (κ1) is 8.35. The van der Waals surface area contributed by atoms with Gasteiger partial charge in [-0.3, -0.25) is 0 Å². The summed E-state index contributed by atoms with van der Waals surface area (Å²) in [4.78, 5) is 11.0. The van der Waals surface area contributed by atoms with Gasteiger partial charge in [-0.2, -0.15) is 0 Å². The molecule has 0 aromatic heterocycles.